The quantitative estimate of drug-likeness (QED) is 0.759. The first-order valence-electron chi connectivity index (χ1n) is 7.79. The summed E-state index contributed by atoms with van der Waals surface area (Å²) in [6.45, 7) is 6.53. The van der Waals surface area contributed by atoms with Gasteiger partial charge in [0.05, 0.1) is 13.7 Å². The lowest BCUT2D eigenvalue weighted by Crippen LogP contribution is -2.17. The van der Waals surface area contributed by atoms with E-state index in [0.717, 1.165) is 35.3 Å². The Labute approximate surface area is 139 Å². The minimum atomic E-state index is -0.533. The minimum absolute atomic E-state index is 0.533. The highest BCUT2D eigenvalue weighted by molar-refractivity contribution is 5.60. The molecule has 24 heavy (non-hydrogen) atoms. The largest absolute Gasteiger partial charge is 0.493 e. The lowest BCUT2D eigenvalue weighted by Gasteiger charge is -2.16. The van der Waals surface area contributed by atoms with Gasteiger partial charge in [0.15, 0.2) is 5.66 Å². The van der Waals surface area contributed by atoms with Crippen molar-refractivity contribution in [3.63, 3.8) is 0 Å². The molecule has 0 atom stereocenters. The maximum Gasteiger partial charge on any atom is 0.204 e. The zero-order valence-corrected chi connectivity index (χ0v) is 14.3. The molecule has 1 aliphatic heterocycles. The van der Waals surface area contributed by atoms with E-state index in [1.165, 1.54) is 4.80 Å². The second-order valence-electron chi connectivity index (χ2n) is 6.09. The lowest BCUT2D eigenvalue weighted by molar-refractivity contribution is 0.283. The van der Waals surface area contributed by atoms with E-state index in [0.29, 0.717) is 12.4 Å². The van der Waals surface area contributed by atoms with Crippen molar-refractivity contribution in [2.45, 2.75) is 39.3 Å². The molecule has 126 valence electrons. The highest BCUT2D eigenvalue weighted by atomic mass is 16.5. The average Bonchev–Trinajstić information content (AvgIpc) is 3.15. The van der Waals surface area contributed by atoms with Crippen LogP contribution in [0.5, 0.6) is 5.75 Å². The highest BCUT2D eigenvalue weighted by Crippen LogP contribution is 2.29. The number of tetrazole rings is 1. The molecule has 0 saturated carbocycles. The van der Waals surface area contributed by atoms with Crippen LogP contribution in [-0.2, 0) is 7.05 Å². The molecule has 0 N–H and O–H groups in total. The van der Waals surface area contributed by atoms with Crippen molar-refractivity contribution >= 4 is 0 Å². The van der Waals surface area contributed by atoms with E-state index < -0.39 is 5.66 Å². The Bertz CT molecular complexity index is 760. The van der Waals surface area contributed by atoms with Crippen LogP contribution in [0.4, 0.5) is 0 Å². The van der Waals surface area contributed by atoms with Gasteiger partial charge in [0.2, 0.25) is 5.82 Å². The molecule has 0 bridgehead atoms. The smallest absolute Gasteiger partial charge is 0.204 e. The maximum absolute atomic E-state index is 5.96. The average molecular weight is 328 g/mol. The van der Waals surface area contributed by atoms with Crippen molar-refractivity contribution in [2.75, 3.05) is 6.61 Å². The fourth-order valence-electron chi connectivity index (χ4n) is 2.64. The summed E-state index contributed by atoms with van der Waals surface area (Å²) >= 11 is 0. The number of aryl methyl sites for hydroxylation is 3. The minimum Gasteiger partial charge on any atom is -0.493 e. The first-order chi connectivity index (χ1) is 11.5. The zero-order chi connectivity index (χ0) is 17.2. The summed E-state index contributed by atoms with van der Waals surface area (Å²) < 4.78 is 5.96. The molecule has 9 nitrogen and oxygen atoms in total. The molecule has 0 radical (unpaired) electrons. The summed E-state index contributed by atoms with van der Waals surface area (Å²) in [4.78, 5) is 1.45. The fraction of sp³-hybridized carbons (Fsp3) is 0.533. The SMILES string of the molecule is Cc1cc(-c2nnn(C)n2)cc(C)c1OCCCC1(C)N=NN=N1. The van der Waals surface area contributed by atoms with Gasteiger partial charge >= 0.3 is 0 Å². The van der Waals surface area contributed by atoms with E-state index in [1.807, 2.05) is 32.9 Å². The van der Waals surface area contributed by atoms with Crippen LogP contribution in [0.3, 0.4) is 0 Å². The topological polar surface area (TPSA) is 102 Å². The third-order valence-corrected chi connectivity index (χ3v) is 3.83. The Kier molecular flexibility index (Phi) is 4.32. The van der Waals surface area contributed by atoms with Gasteiger partial charge in [-0.1, -0.05) is 0 Å². The Morgan fingerprint density at radius 2 is 1.79 bits per heavy atom. The van der Waals surface area contributed by atoms with Crippen LogP contribution < -0.4 is 4.74 Å². The highest BCUT2D eigenvalue weighted by Gasteiger charge is 2.26. The molecular weight excluding hydrogens is 308 g/mol. The van der Waals surface area contributed by atoms with Crippen molar-refractivity contribution in [1.29, 1.82) is 0 Å². The van der Waals surface area contributed by atoms with Gasteiger partial charge in [-0.2, -0.15) is 4.80 Å². The molecule has 1 aromatic heterocycles. The molecule has 0 aliphatic carbocycles. The van der Waals surface area contributed by atoms with Gasteiger partial charge in [-0.3, -0.25) is 0 Å². The van der Waals surface area contributed by atoms with E-state index in [-0.39, 0.29) is 0 Å². The summed E-state index contributed by atoms with van der Waals surface area (Å²) in [5.41, 5.74) is 2.49. The van der Waals surface area contributed by atoms with E-state index in [1.54, 1.807) is 7.05 Å². The van der Waals surface area contributed by atoms with Crippen molar-refractivity contribution in [2.24, 2.45) is 27.7 Å². The summed E-state index contributed by atoms with van der Waals surface area (Å²) in [5.74, 6) is 1.50. The first-order valence-corrected chi connectivity index (χ1v) is 7.79. The van der Waals surface area contributed by atoms with E-state index in [4.69, 9.17) is 4.74 Å². The van der Waals surface area contributed by atoms with Gasteiger partial charge < -0.3 is 4.74 Å². The van der Waals surface area contributed by atoms with Gasteiger partial charge in [0, 0.05) is 5.56 Å². The molecule has 2 aromatic rings. The normalized spacial score (nSPS) is 15.2. The van der Waals surface area contributed by atoms with Crippen LogP contribution >= 0.6 is 0 Å². The Hall–Kier alpha value is -2.71. The van der Waals surface area contributed by atoms with Crippen LogP contribution in [-0.4, -0.2) is 32.5 Å². The molecular formula is C15H20N8O. The van der Waals surface area contributed by atoms with Crippen LogP contribution in [0, 0.1) is 13.8 Å². The summed E-state index contributed by atoms with van der Waals surface area (Å²) in [7, 11) is 1.75. The van der Waals surface area contributed by atoms with Gasteiger partial charge in [-0.25, -0.2) is 0 Å². The van der Waals surface area contributed by atoms with Crippen molar-refractivity contribution in [3.8, 4) is 17.1 Å². The van der Waals surface area contributed by atoms with E-state index in [9.17, 15) is 0 Å². The predicted molar refractivity (Wildman–Crippen MR) is 86.6 cm³/mol. The van der Waals surface area contributed by atoms with Crippen LogP contribution in [0.2, 0.25) is 0 Å². The molecule has 0 fully saturated rings. The molecule has 3 rings (SSSR count). The summed E-state index contributed by atoms with van der Waals surface area (Å²) in [6, 6.07) is 4.03. The van der Waals surface area contributed by atoms with Gasteiger partial charge in [0.1, 0.15) is 5.75 Å². The molecule has 0 saturated heterocycles. The number of hydrogen-bond donors (Lipinski definition) is 0. The molecule has 1 aromatic carbocycles. The maximum atomic E-state index is 5.96. The van der Waals surface area contributed by atoms with E-state index in [2.05, 4.69) is 36.1 Å². The lowest BCUT2D eigenvalue weighted by atomic mass is 10.1. The van der Waals surface area contributed by atoms with Crippen molar-refractivity contribution in [1.82, 2.24) is 20.2 Å². The van der Waals surface area contributed by atoms with Crippen molar-refractivity contribution < 1.29 is 4.74 Å². The number of nitrogens with zero attached hydrogens (tertiary/aromatic N) is 8. The number of rotatable bonds is 6. The van der Waals surface area contributed by atoms with E-state index >= 15 is 0 Å². The van der Waals surface area contributed by atoms with Crippen molar-refractivity contribution in [3.05, 3.63) is 23.3 Å². The predicted octanol–water partition coefficient (Wildman–Crippen LogP) is 3.20. The Morgan fingerprint density at radius 3 is 2.38 bits per heavy atom. The third kappa shape index (κ3) is 3.44. The second kappa shape index (κ2) is 6.42. The Balaban J connectivity index is 1.64. The molecule has 9 heteroatoms. The Morgan fingerprint density at radius 1 is 1.12 bits per heavy atom. The monoisotopic (exact) mass is 328 g/mol. The molecule has 0 unspecified atom stereocenters. The number of aromatic nitrogens is 4. The molecule has 0 amide bonds. The standard InChI is InChI=1S/C15H20N8O/c1-10-8-12(14-16-22-23(4)17-14)9-11(2)13(10)24-7-5-6-15(3)18-20-21-19-15/h8-9H,5-7H2,1-4H3. The first kappa shape index (κ1) is 16.2. The number of hydrogen-bond acceptors (Lipinski definition) is 8. The third-order valence-electron chi connectivity index (χ3n) is 3.83. The zero-order valence-electron chi connectivity index (χ0n) is 14.3. The molecule has 1 aliphatic rings. The molecule has 2 heterocycles. The number of ether oxygens (including phenoxy) is 1. The fourth-order valence-corrected chi connectivity index (χ4v) is 2.64. The summed E-state index contributed by atoms with van der Waals surface area (Å²) in [6.07, 6.45) is 1.57. The van der Waals surface area contributed by atoms with Crippen LogP contribution in [0.15, 0.2) is 32.8 Å². The van der Waals surface area contributed by atoms with Crippen LogP contribution in [0.1, 0.15) is 30.9 Å². The van der Waals surface area contributed by atoms with Gasteiger partial charge in [0.25, 0.3) is 0 Å². The van der Waals surface area contributed by atoms with Gasteiger partial charge in [-0.05, 0) is 72.5 Å². The summed E-state index contributed by atoms with van der Waals surface area (Å²) in [5, 5.41) is 27.3. The number of benzene rings is 1. The van der Waals surface area contributed by atoms with Gasteiger partial charge in [-0.15, -0.1) is 20.4 Å². The van der Waals surface area contributed by atoms with Crippen LogP contribution in [0.25, 0.3) is 11.4 Å². The second-order valence-corrected chi connectivity index (χ2v) is 6.09. The molecule has 0 spiro atoms.